The Hall–Kier alpha value is -2.50. The Kier molecular flexibility index (Phi) is 6.11. The average Bonchev–Trinajstić information content (AvgIpc) is 3.31. The number of likely N-dealkylation sites (tertiary alicyclic amines) is 1. The molecule has 1 atom stereocenters. The van der Waals surface area contributed by atoms with E-state index < -0.39 is 0 Å². The zero-order chi connectivity index (χ0) is 22.0. The van der Waals surface area contributed by atoms with Gasteiger partial charge in [-0.1, -0.05) is 17.7 Å². The van der Waals surface area contributed by atoms with Crippen molar-refractivity contribution in [2.24, 2.45) is 11.3 Å². The summed E-state index contributed by atoms with van der Waals surface area (Å²) >= 11 is 0. The molecule has 2 amide bonds. The highest BCUT2D eigenvalue weighted by atomic mass is 16.7. The number of nitrogens with zero attached hydrogens (tertiary/aromatic N) is 1. The molecular formula is C26H34N2O4. The van der Waals surface area contributed by atoms with Gasteiger partial charge in [0.2, 0.25) is 18.6 Å². The fourth-order valence-corrected chi connectivity index (χ4v) is 5.58. The van der Waals surface area contributed by atoms with Gasteiger partial charge in [0.1, 0.15) is 0 Å². The predicted octanol–water partition coefficient (Wildman–Crippen LogP) is 3.98. The molecule has 2 fully saturated rings. The van der Waals surface area contributed by atoms with Gasteiger partial charge in [0, 0.05) is 32.0 Å². The van der Waals surface area contributed by atoms with Crippen LogP contribution in [-0.2, 0) is 16.0 Å². The zero-order valence-corrected chi connectivity index (χ0v) is 18.9. The van der Waals surface area contributed by atoms with Gasteiger partial charge in [0.25, 0.3) is 0 Å². The normalized spacial score (nSPS) is 23.1. The lowest BCUT2D eigenvalue weighted by Gasteiger charge is -2.33. The Morgan fingerprint density at radius 2 is 1.94 bits per heavy atom. The maximum Gasteiger partial charge on any atom is 0.231 e. The van der Waals surface area contributed by atoms with Gasteiger partial charge >= 0.3 is 0 Å². The van der Waals surface area contributed by atoms with Crippen molar-refractivity contribution in [3.8, 4) is 11.5 Å². The number of piperidine rings is 1. The first kappa shape index (κ1) is 21.4. The van der Waals surface area contributed by atoms with Crippen LogP contribution in [0.2, 0.25) is 0 Å². The van der Waals surface area contributed by atoms with Crippen LogP contribution >= 0.6 is 0 Å². The number of ether oxygens (including phenoxy) is 2. The number of fused-ring (bicyclic) bond motifs is 1. The molecule has 6 heteroatoms. The fourth-order valence-electron chi connectivity index (χ4n) is 5.58. The van der Waals surface area contributed by atoms with Crippen molar-refractivity contribution in [2.75, 3.05) is 26.4 Å². The fraction of sp³-hybridized carbons (Fsp3) is 0.615. The van der Waals surface area contributed by atoms with E-state index in [1.54, 1.807) is 0 Å². The minimum Gasteiger partial charge on any atom is -0.454 e. The van der Waals surface area contributed by atoms with Crippen LogP contribution in [0, 0.1) is 11.3 Å². The SMILES string of the molecule is O=C(NCCC1=CCCCC1)C1CC12CCN(C(=O)CCc1ccc3c(c1)OCO3)CC2. The smallest absolute Gasteiger partial charge is 0.231 e. The Labute approximate surface area is 190 Å². The van der Waals surface area contributed by atoms with Gasteiger partial charge in [-0.15, -0.1) is 0 Å². The second kappa shape index (κ2) is 9.16. The summed E-state index contributed by atoms with van der Waals surface area (Å²) in [4.78, 5) is 27.4. The van der Waals surface area contributed by atoms with Crippen LogP contribution in [0.4, 0.5) is 0 Å². The number of rotatable bonds is 7. The highest BCUT2D eigenvalue weighted by Gasteiger charge is 2.58. The molecule has 32 heavy (non-hydrogen) atoms. The Morgan fingerprint density at radius 3 is 2.75 bits per heavy atom. The third kappa shape index (κ3) is 4.64. The summed E-state index contributed by atoms with van der Waals surface area (Å²) in [5.41, 5.74) is 2.75. The number of carbonyl (C=O) groups is 2. The zero-order valence-electron chi connectivity index (χ0n) is 18.9. The van der Waals surface area contributed by atoms with E-state index in [2.05, 4.69) is 11.4 Å². The number of benzene rings is 1. The molecule has 1 unspecified atom stereocenters. The number of aryl methyl sites for hydroxylation is 1. The highest BCUT2D eigenvalue weighted by Crippen LogP contribution is 2.59. The summed E-state index contributed by atoms with van der Waals surface area (Å²) in [6.45, 7) is 2.58. The van der Waals surface area contributed by atoms with Crippen molar-refractivity contribution in [1.29, 1.82) is 0 Å². The summed E-state index contributed by atoms with van der Waals surface area (Å²) < 4.78 is 10.8. The molecule has 0 aromatic heterocycles. The van der Waals surface area contributed by atoms with E-state index in [1.165, 1.54) is 31.3 Å². The molecule has 4 aliphatic rings. The van der Waals surface area contributed by atoms with E-state index in [0.717, 1.165) is 62.4 Å². The van der Waals surface area contributed by atoms with Gasteiger partial charge < -0.3 is 19.7 Å². The quantitative estimate of drug-likeness (QED) is 0.654. The van der Waals surface area contributed by atoms with Crippen molar-refractivity contribution in [2.45, 2.75) is 64.2 Å². The minimum atomic E-state index is 0.141. The Bertz CT molecular complexity index is 901. The predicted molar refractivity (Wildman–Crippen MR) is 121 cm³/mol. The van der Waals surface area contributed by atoms with E-state index in [1.807, 2.05) is 23.1 Å². The minimum absolute atomic E-state index is 0.141. The summed E-state index contributed by atoms with van der Waals surface area (Å²) in [6, 6.07) is 5.89. The molecule has 1 aromatic rings. The number of allylic oxidation sites excluding steroid dienone is 1. The Balaban J connectivity index is 1.03. The molecule has 5 rings (SSSR count). The second-order valence-corrected chi connectivity index (χ2v) is 9.84. The lowest BCUT2D eigenvalue weighted by Crippen LogP contribution is -2.40. The molecule has 1 N–H and O–H groups in total. The van der Waals surface area contributed by atoms with Crippen LogP contribution in [0.5, 0.6) is 11.5 Å². The van der Waals surface area contributed by atoms with E-state index >= 15 is 0 Å². The molecule has 1 saturated carbocycles. The molecule has 0 bridgehead atoms. The molecule has 2 aliphatic carbocycles. The maximum atomic E-state index is 12.7. The molecule has 172 valence electrons. The molecular weight excluding hydrogens is 404 g/mol. The number of carbonyl (C=O) groups excluding carboxylic acids is 2. The summed E-state index contributed by atoms with van der Waals surface area (Å²) in [5, 5.41) is 3.17. The van der Waals surface area contributed by atoms with Gasteiger partial charge in [-0.25, -0.2) is 0 Å². The van der Waals surface area contributed by atoms with E-state index in [0.29, 0.717) is 12.8 Å². The van der Waals surface area contributed by atoms with Crippen LogP contribution in [0.1, 0.15) is 63.4 Å². The second-order valence-electron chi connectivity index (χ2n) is 9.84. The third-order valence-corrected chi connectivity index (χ3v) is 7.81. The first-order valence-corrected chi connectivity index (χ1v) is 12.2. The van der Waals surface area contributed by atoms with Crippen LogP contribution in [-0.4, -0.2) is 43.1 Å². The molecule has 2 aliphatic heterocycles. The monoisotopic (exact) mass is 438 g/mol. The molecule has 1 aromatic carbocycles. The van der Waals surface area contributed by atoms with Gasteiger partial charge in [0.05, 0.1) is 0 Å². The lowest BCUT2D eigenvalue weighted by molar-refractivity contribution is -0.132. The largest absolute Gasteiger partial charge is 0.454 e. The Morgan fingerprint density at radius 1 is 1.09 bits per heavy atom. The van der Waals surface area contributed by atoms with Crippen molar-refractivity contribution < 1.29 is 19.1 Å². The standard InChI is InChI=1S/C26H34N2O4/c29-24(9-7-20-6-8-22-23(16-20)32-18-31-22)28-14-11-26(12-15-28)17-21(26)25(30)27-13-10-19-4-2-1-3-5-19/h4,6,8,16,21H,1-3,5,7,9-15,17-18H2,(H,27,30). The van der Waals surface area contributed by atoms with Crippen molar-refractivity contribution in [3.05, 3.63) is 35.4 Å². The summed E-state index contributed by atoms with van der Waals surface area (Å²) in [6.07, 6.45) is 12.4. The number of hydrogen-bond acceptors (Lipinski definition) is 4. The molecule has 6 nitrogen and oxygen atoms in total. The number of amides is 2. The van der Waals surface area contributed by atoms with E-state index in [9.17, 15) is 9.59 Å². The first-order chi connectivity index (χ1) is 15.6. The van der Waals surface area contributed by atoms with Crippen LogP contribution < -0.4 is 14.8 Å². The van der Waals surface area contributed by atoms with Crippen molar-refractivity contribution >= 4 is 11.8 Å². The van der Waals surface area contributed by atoms with Gasteiger partial charge in [-0.05, 0) is 80.9 Å². The molecule has 2 heterocycles. The van der Waals surface area contributed by atoms with Crippen LogP contribution in [0.25, 0.3) is 0 Å². The van der Waals surface area contributed by atoms with Gasteiger partial charge in [-0.2, -0.15) is 0 Å². The first-order valence-electron chi connectivity index (χ1n) is 12.2. The summed E-state index contributed by atoms with van der Waals surface area (Å²) in [5.74, 6) is 2.12. The summed E-state index contributed by atoms with van der Waals surface area (Å²) in [7, 11) is 0. The van der Waals surface area contributed by atoms with Gasteiger partial charge in [0.15, 0.2) is 11.5 Å². The topological polar surface area (TPSA) is 67.9 Å². The van der Waals surface area contributed by atoms with Crippen molar-refractivity contribution in [1.82, 2.24) is 10.2 Å². The number of hydrogen-bond donors (Lipinski definition) is 1. The van der Waals surface area contributed by atoms with Crippen LogP contribution in [0.3, 0.4) is 0 Å². The van der Waals surface area contributed by atoms with Gasteiger partial charge in [-0.3, -0.25) is 9.59 Å². The number of nitrogens with one attached hydrogen (secondary N) is 1. The van der Waals surface area contributed by atoms with Crippen LogP contribution in [0.15, 0.2) is 29.8 Å². The van der Waals surface area contributed by atoms with Crippen molar-refractivity contribution in [3.63, 3.8) is 0 Å². The van der Waals surface area contributed by atoms with E-state index in [4.69, 9.17) is 9.47 Å². The van der Waals surface area contributed by atoms with E-state index in [-0.39, 0.29) is 29.9 Å². The molecule has 1 spiro atoms. The maximum absolute atomic E-state index is 12.7. The lowest BCUT2D eigenvalue weighted by atomic mass is 9.90. The highest BCUT2D eigenvalue weighted by molar-refractivity contribution is 5.83. The molecule has 0 radical (unpaired) electrons. The average molecular weight is 439 g/mol. The molecule has 1 saturated heterocycles. The third-order valence-electron chi connectivity index (χ3n) is 7.81.